The molecule has 0 radical (unpaired) electrons. The molecule has 0 atom stereocenters. The van der Waals surface area contributed by atoms with Crippen LogP contribution in [0.3, 0.4) is 0 Å². The Balaban J connectivity index is 1.65. The predicted molar refractivity (Wildman–Crippen MR) is 129 cm³/mol. The first kappa shape index (κ1) is 25.1. The number of benzene rings is 3. The van der Waals surface area contributed by atoms with Crippen LogP contribution in [0.2, 0.25) is 0 Å². The number of nitrogens with one attached hydrogen (secondary N) is 2. The average molecular weight is 479 g/mol. The first-order valence-electron chi connectivity index (χ1n) is 10.8. The summed E-state index contributed by atoms with van der Waals surface area (Å²) in [5, 5.41) is 5.69. The van der Waals surface area contributed by atoms with Crippen LogP contribution >= 0.6 is 0 Å². The molecule has 0 saturated carbocycles. The van der Waals surface area contributed by atoms with Crippen molar-refractivity contribution in [2.24, 2.45) is 0 Å². The van der Waals surface area contributed by atoms with E-state index < -0.39 is 6.16 Å². The van der Waals surface area contributed by atoms with E-state index in [9.17, 15) is 14.4 Å². The molecule has 2 N–H and O–H groups in total. The molecule has 9 heteroatoms. The summed E-state index contributed by atoms with van der Waals surface area (Å²) in [6.45, 7) is 2.06. The molecule has 3 rings (SSSR count). The topological polar surface area (TPSA) is 112 Å². The van der Waals surface area contributed by atoms with Crippen molar-refractivity contribution in [3.8, 4) is 17.2 Å². The van der Waals surface area contributed by atoms with Crippen LogP contribution in [0, 0.1) is 0 Å². The maximum Gasteiger partial charge on any atom is 0.513 e. The minimum atomic E-state index is -0.809. The molecule has 0 fully saturated rings. The fourth-order valence-electron chi connectivity index (χ4n) is 3.12. The summed E-state index contributed by atoms with van der Waals surface area (Å²) in [4.78, 5) is 36.8. The van der Waals surface area contributed by atoms with Gasteiger partial charge in [0.2, 0.25) is 0 Å². The third kappa shape index (κ3) is 6.97. The first-order chi connectivity index (χ1) is 16.9. The van der Waals surface area contributed by atoms with Gasteiger partial charge in [-0.3, -0.25) is 9.59 Å². The summed E-state index contributed by atoms with van der Waals surface area (Å²) < 4.78 is 20.2. The largest absolute Gasteiger partial charge is 0.513 e. The zero-order valence-corrected chi connectivity index (χ0v) is 19.6. The molecule has 182 valence electrons. The number of hydrogen-bond acceptors (Lipinski definition) is 7. The maximum absolute atomic E-state index is 12.9. The van der Waals surface area contributed by atoms with Gasteiger partial charge in [0.25, 0.3) is 11.8 Å². The fraction of sp³-hybridized carbons (Fsp3) is 0.192. The van der Waals surface area contributed by atoms with Crippen molar-refractivity contribution in [1.29, 1.82) is 0 Å². The Hall–Kier alpha value is -4.53. The molecule has 9 nitrogen and oxygen atoms in total. The highest BCUT2D eigenvalue weighted by molar-refractivity contribution is 6.05. The van der Waals surface area contributed by atoms with Gasteiger partial charge in [0.15, 0.2) is 0 Å². The first-order valence-corrected chi connectivity index (χ1v) is 10.8. The Morgan fingerprint density at radius 1 is 0.771 bits per heavy atom. The van der Waals surface area contributed by atoms with Crippen molar-refractivity contribution in [2.45, 2.75) is 13.5 Å². The Kier molecular flexibility index (Phi) is 8.66. The van der Waals surface area contributed by atoms with Crippen molar-refractivity contribution in [1.82, 2.24) is 5.32 Å². The van der Waals surface area contributed by atoms with E-state index in [1.807, 2.05) is 6.07 Å². The van der Waals surface area contributed by atoms with Gasteiger partial charge in [-0.05, 0) is 55.0 Å². The smallest absolute Gasteiger partial charge is 0.497 e. The van der Waals surface area contributed by atoms with Crippen LogP contribution in [-0.4, -0.2) is 38.8 Å². The van der Waals surface area contributed by atoms with Crippen LogP contribution in [0.15, 0.2) is 66.7 Å². The number of methoxy groups -OCH3 is 2. The van der Waals surface area contributed by atoms with Crippen LogP contribution in [0.1, 0.15) is 33.2 Å². The molecule has 0 bridgehead atoms. The van der Waals surface area contributed by atoms with E-state index >= 15 is 0 Å². The lowest BCUT2D eigenvalue weighted by atomic mass is 10.1. The quantitative estimate of drug-likeness (QED) is 0.346. The van der Waals surface area contributed by atoms with Gasteiger partial charge < -0.3 is 29.6 Å². The van der Waals surface area contributed by atoms with Crippen molar-refractivity contribution in [2.75, 3.05) is 26.1 Å². The molecule has 0 aliphatic rings. The number of carbonyl (C=O) groups excluding carboxylic acids is 3. The predicted octanol–water partition coefficient (Wildman–Crippen LogP) is 4.42. The Morgan fingerprint density at radius 2 is 1.43 bits per heavy atom. The average Bonchev–Trinajstić information content (AvgIpc) is 2.88. The second-order valence-corrected chi connectivity index (χ2v) is 7.20. The van der Waals surface area contributed by atoms with Gasteiger partial charge >= 0.3 is 6.16 Å². The lowest BCUT2D eigenvalue weighted by Crippen LogP contribution is -2.24. The van der Waals surface area contributed by atoms with Gasteiger partial charge in [-0.1, -0.05) is 18.2 Å². The summed E-state index contributed by atoms with van der Waals surface area (Å²) in [6.07, 6.45) is -0.809. The number of para-hydroxylation sites is 1. The maximum atomic E-state index is 12.9. The van der Waals surface area contributed by atoms with E-state index in [1.165, 1.54) is 38.5 Å². The van der Waals surface area contributed by atoms with E-state index in [0.29, 0.717) is 33.9 Å². The van der Waals surface area contributed by atoms with Gasteiger partial charge in [-0.2, -0.15) is 0 Å². The molecule has 35 heavy (non-hydrogen) atoms. The van der Waals surface area contributed by atoms with Crippen molar-refractivity contribution in [3.05, 3.63) is 83.4 Å². The molecule has 3 aromatic rings. The lowest BCUT2D eigenvalue weighted by molar-refractivity contribution is 0.0950. The van der Waals surface area contributed by atoms with Crippen LogP contribution in [0.5, 0.6) is 17.2 Å². The molecular weight excluding hydrogens is 452 g/mol. The Labute approximate surface area is 203 Å². The fourth-order valence-corrected chi connectivity index (χ4v) is 3.12. The normalized spacial score (nSPS) is 10.1. The summed E-state index contributed by atoms with van der Waals surface area (Å²) in [7, 11) is 3.02. The van der Waals surface area contributed by atoms with E-state index in [1.54, 1.807) is 43.3 Å². The second kappa shape index (κ2) is 12.1. The molecule has 0 saturated heterocycles. The highest BCUT2D eigenvalue weighted by atomic mass is 16.7. The molecule has 0 aromatic heterocycles. The molecule has 0 spiro atoms. The second-order valence-electron chi connectivity index (χ2n) is 7.20. The van der Waals surface area contributed by atoms with Gasteiger partial charge in [0.05, 0.1) is 20.8 Å². The number of anilines is 1. The third-order valence-corrected chi connectivity index (χ3v) is 4.90. The van der Waals surface area contributed by atoms with E-state index in [0.717, 1.165) is 0 Å². The van der Waals surface area contributed by atoms with E-state index in [4.69, 9.17) is 18.9 Å². The van der Waals surface area contributed by atoms with E-state index in [-0.39, 0.29) is 30.7 Å². The van der Waals surface area contributed by atoms with Gasteiger partial charge in [0, 0.05) is 29.4 Å². The summed E-state index contributed by atoms with van der Waals surface area (Å²) in [5.41, 5.74) is 2.01. The lowest BCUT2D eigenvalue weighted by Gasteiger charge is -2.13. The van der Waals surface area contributed by atoms with Crippen LogP contribution in [0.4, 0.5) is 10.5 Å². The van der Waals surface area contributed by atoms with Crippen molar-refractivity contribution >= 4 is 23.7 Å². The minimum absolute atomic E-state index is 0.178. The van der Waals surface area contributed by atoms with E-state index in [2.05, 4.69) is 10.6 Å². The highest BCUT2D eigenvalue weighted by Gasteiger charge is 2.13. The Morgan fingerprint density at radius 3 is 2.06 bits per heavy atom. The third-order valence-electron chi connectivity index (χ3n) is 4.90. The van der Waals surface area contributed by atoms with Crippen LogP contribution < -0.4 is 24.8 Å². The monoisotopic (exact) mass is 478 g/mol. The number of amides is 2. The minimum Gasteiger partial charge on any atom is -0.497 e. The molecule has 3 aromatic carbocycles. The van der Waals surface area contributed by atoms with Crippen LogP contribution in [0.25, 0.3) is 0 Å². The number of carbonyl (C=O) groups is 3. The van der Waals surface area contributed by atoms with Crippen molar-refractivity contribution in [3.63, 3.8) is 0 Å². The Bertz CT molecular complexity index is 1170. The molecule has 0 heterocycles. The summed E-state index contributed by atoms with van der Waals surface area (Å²) in [5.74, 6) is 0.578. The summed E-state index contributed by atoms with van der Waals surface area (Å²) in [6, 6.07) is 18.1. The SMILES string of the molecule is CCOC(=O)Oc1ccc(C(=O)NCc2ccccc2NC(=O)c2cc(OC)cc(OC)c2)cc1. The van der Waals surface area contributed by atoms with Crippen molar-refractivity contribution < 1.29 is 33.3 Å². The summed E-state index contributed by atoms with van der Waals surface area (Å²) >= 11 is 0. The number of hydrogen-bond donors (Lipinski definition) is 2. The molecule has 0 unspecified atom stereocenters. The standard InChI is InChI=1S/C26H26N2O7/c1-4-34-26(31)35-20-11-9-17(10-12-20)24(29)27-16-18-7-5-6-8-23(18)28-25(30)19-13-21(32-2)15-22(14-19)33-3/h5-15H,4,16H2,1-3H3,(H,27,29)(H,28,30). The van der Waals surface area contributed by atoms with Gasteiger partial charge in [-0.25, -0.2) is 4.79 Å². The molecule has 0 aliphatic carbocycles. The highest BCUT2D eigenvalue weighted by Crippen LogP contribution is 2.24. The van der Waals surface area contributed by atoms with Crippen LogP contribution in [-0.2, 0) is 11.3 Å². The zero-order chi connectivity index (χ0) is 25.2. The number of rotatable bonds is 9. The molecule has 0 aliphatic heterocycles. The molecule has 2 amide bonds. The van der Waals surface area contributed by atoms with Gasteiger partial charge in [0.1, 0.15) is 17.2 Å². The number of ether oxygens (including phenoxy) is 4. The molecular formula is C26H26N2O7. The van der Waals surface area contributed by atoms with Gasteiger partial charge in [-0.15, -0.1) is 0 Å². The zero-order valence-electron chi connectivity index (χ0n) is 19.6.